The molecule has 1 N–H and O–H groups in total. The molecule has 1 saturated heterocycles. The first-order valence-electron chi connectivity index (χ1n) is 5.97. The minimum atomic E-state index is -1.03. The predicted octanol–water partition coefficient (Wildman–Crippen LogP) is 1.10. The fraction of sp³-hybridized carbons (Fsp3) is 0.583. The number of hydrogen-bond acceptors (Lipinski definition) is 5. The normalized spacial score (nSPS) is 19.9. The van der Waals surface area contributed by atoms with Crippen molar-refractivity contribution in [3.05, 3.63) is 17.5 Å². The van der Waals surface area contributed by atoms with Crippen LogP contribution in [-0.2, 0) is 4.74 Å². The van der Waals surface area contributed by atoms with E-state index in [0.29, 0.717) is 18.2 Å². The molecule has 0 radical (unpaired) electrons. The van der Waals surface area contributed by atoms with Crippen molar-refractivity contribution in [1.29, 1.82) is 0 Å². The van der Waals surface area contributed by atoms with Crippen LogP contribution in [0.2, 0.25) is 0 Å². The molecule has 2 heterocycles. The standard InChI is InChI=1S/C12H17N3O3/c1-8-6-10(11(16)17)14-12(13-8)15-5-3-4-9(7-15)18-2/h6,9H,3-5,7H2,1-2H3,(H,16,17). The Kier molecular flexibility index (Phi) is 3.76. The van der Waals surface area contributed by atoms with Crippen LogP contribution < -0.4 is 4.90 Å². The van der Waals surface area contributed by atoms with Crippen LogP contribution in [0, 0.1) is 6.92 Å². The van der Waals surface area contributed by atoms with Crippen molar-refractivity contribution in [2.75, 3.05) is 25.1 Å². The highest BCUT2D eigenvalue weighted by molar-refractivity contribution is 5.85. The molecule has 0 aromatic carbocycles. The Morgan fingerprint density at radius 3 is 3.00 bits per heavy atom. The van der Waals surface area contributed by atoms with E-state index >= 15 is 0 Å². The summed E-state index contributed by atoms with van der Waals surface area (Å²) in [5.41, 5.74) is 0.703. The summed E-state index contributed by atoms with van der Waals surface area (Å²) in [4.78, 5) is 21.3. The Bertz CT molecular complexity index is 450. The van der Waals surface area contributed by atoms with Gasteiger partial charge >= 0.3 is 5.97 Å². The molecule has 1 unspecified atom stereocenters. The largest absolute Gasteiger partial charge is 0.477 e. The molecule has 0 amide bonds. The monoisotopic (exact) mass is 251 g/mol. The highest BCUT2D eigenvalue weighted by atomic mass is 16.5. The van der Waals surface area contributed by atoms with E-state index < -0.39 is 5.97 Å². The van der Waals surface area contributed by atoms with Crippen LogP contribution in [0.5, 0.6) is 0 Å². The number of methoxy groups -OCH3 is 1. The predicted molar refractivity (Wildman–Crippen MR) is 66.0 cm³/mol. The van der Waals surface area contributed by atoms with Crippen LogP contribution >= 0.6 is 0 Å². The molecule has 1 aromatic rings. The number of ether oxygens (including phenoxy) is 1. The van der Waals surface area contributed by atoms with Crippen molar-refractivity contribution >= 4 is 11.9 Å². The average Bonchev–Trinajstić information content (AvgIpc) is 2.38. The van der Waals surface area contributed by atoms with Crippen molar-refractivity contribution in [2.24, 2.45) is 0 Å². The number of aromatic carboxylic acids is 1. The van der Waals surface area contributed by atoms with Crippen LogP contribution in [-0.4, -0.2) is 47.3 Å². The minimum Gasteiger partial charge on any atom is -0.477 e. The number of aryl methyl sites for hydroxylation is 1. The van der Waals surface area contributed by atoms with E-state index in [0.717, 1.165) is 19.4 Å². The van der Waals surface area contributed by atoms with E-state index in [1.807, 2.05) is 4.90 Å². The fourth-order valence-corrected chi connectivity index (χ4v) is 2.12. The second-order valence-electron chi connectivity index (χ2n) is 4.45. The topological polar surface area (TPSA) is 75.5 Å². The van der Waals surface area contributed by atoms with Gasteiger partial charge in [-0.15, -0.1) is 0 Å². The maximum absolute atomic E-state index is 11.0. The number of carboxylic acid groups (broad SMARTS) is 1. The van der Waals surface area contributed by atoms with Crippen molar-refractivity contribution in [2.45, 2.75) is 25.9 Å². The van der Waals surface area contributed by atoms with Crippen LogP contribution in [0.15, 0.2) is 6.07 Å². The molecule has 0 bridgehead atoms. The summed E-state index contributed by atoms with van der Waals surface area (Å²) in [6.45, 7) is 3.32. The van der Waals surface area contributed by atoms with Crippen molar-refractivity contribution in [3.63, 3.8) is 0 Å². The summed E-state index contributed by atoms with van der Waals surface area (Å²) < 4.78 is 5.34. The highest BCUT2D eigenvalue weighted by Crippen LogP contribution is 2.18. The van der Waals surface area contributed by atoms with Crippen LogP contribution in [0.4, 0.5) is 5.95 Å². The van der Waals surface area contributed by atoms with Crippen LogP contribution in [0.3, 0.4) is 0 Å². The summed E-state index contributed by atoms with van der Waals surface area (Å²) in [6, 6.07) is 1.48. The van der Waals surface area contributed by atoms with E-state index in [4.69, 9.17) is 9.84 Å². The Hall–Kier alpha value is -1.69. The van der Waals surface area contributed by atoms with Gasteiger partial charge in [0.25, 0.3) is 0 Å². The lowest BCUT2D eigenvalue weighted by atomic mass is 10.1. The maximum atomic E-state index is 11.0. The van der Waals surface area contributed by atoms with Gasteiger partial charge in [-0.1, -0.05) is 0 Å². The molecule has 1 atom stereocenters. The number of carboxylic acids is 1. The number of rotatable bonds is 3. The van der Waals surface area contributed by atoms with Gasteiger partial charge in [0, 0.05) is 25.9 Å². The molecule has 0 spiro atoms. The lowest BCUT2D eigenvalue weighted by molar-refractivity contribution is 0.0690. The summed E-state index contributed by atoms with van der Waals surface area (Å²) >= 11 is 0. The number of hydrogen-bond donors (Lipinski definition) is 1. The number of carbonyl (C=O) groups is 1. The molecule has 1 fully saturated rings. The zero-order valence-electron chi connectivity index (χ0n) is 10.6. The average molecular weight is 251 g/mol. The second kappa shape index (κ2) is 5.30. The zero-order valence-corrected chi connectivity index (χ0v) is 10.6. The molecule has 2 rings (SSSR count). The van der Waals surface area contributed by atoms with E-state index in [-0.39, 0.29) is 11.8 Å². The lowest BCUT2D eigenvalue weighted by Crippen LogP contribution is -2.40. The molecule has 6 heteroatoms. The van der Waals surface area contributed by atoms with Gasteiger partial charge in [0.05, 0.1) is 6.10 Å². The second-order valence-corrected chi connectivity index (χ2v) is 4.45. The Morgan fingerprint density at radius 2 is 2.33 bits per heavy atom. The number of aromatic nitrogens is 2. The molecular weight excluding hydrogens is 234 g/mol. The van der Waals surface area contributed by atoms with Gasteiger partial charge in [-0.2, -0.15) is 0 Å². The third-order valence-electron chi connectivity index (χ3n) is 3.06. The number of nitrogens with zero attached hydrogens (tertiary/aromatic N) is 3. The quantitative estimate of drug-likeness (QED) is 0.867. The summed E-state index contributed by atoms with van der Waals surface area (Å²) in [5, 5.41) is 9.00. The molecule has 0 aliphatic carbocycles. The number of piperidine rings is 1. The van der Waals surface area contributed by atoms with Gasteiger partial charge in [-0.3, -0.25) is 0 Å². The first kappa shape index (κ1) is 12.8. The fourth-order valence-electron chi connectivity index (χ4n) is 2.12. The molecule has 1 aromatic heterocycles. The summed E-state index contributed by atoms with van der Waals surface area (Å²) in [7, 11) is 1.69. The third-order valence-corrected chi connectivity index (χ3v) is 3.06. The summed E-state index contributed by atoms with van der Waals surface area (Å²) in [5.74, 6) is -0.545. The van der Waals surface area contributed by atoms with Crippen molar-refractivity contribution in [3.8, 4) is 0 Å². The van der Waals surface area contributed by atoms with Crippen LogP contribution in [0.1, 0.15) is 29.0 Å². The Balaban J connectivity index is 2.24. The molecule has 0 saturated carbocycles. The molecule has 98 valence electrons. The highest BCUT2D eigenvalue weighted by Gasteiger charge is 2.22. The van der Waals surface area contributed by atoms with Crippen LogP contribution in [0.25, 0.3) is 0 Å². The van der Waals surface area contributed by atoms with E-state index in [9.17, 15) is 4.79 Å². The Morgan fingerprint density at radius 1 is 1.56 bits per heavy atom. The number of anilines is 1. The first-order valence-corrected chi connectivity index (χ1v) is 5.97. The smallest absolute Gasteiger partial charge is 0.354 e. The molecule has 1 aliphatic heterocycles. The van der Waals surface area contributed by atoms with Gasteiger partial charge in [0.15, 0.2) is 5.69 Å². The van der Waals surface area contributed by atoms with Gasteiger partial charge in [0.2, 0.25) is 5.95 Å². The van der Waals surface area contributed by atoms with Gasteiger partial charge in [0.1, 0.15) is 0 Å². The van der Waals surface area contributed by atoms with Crippen molar-refractivity contribution < 1.29 is 14.6 Å². The van der Waals surface area contributed by atoms with E-state index in [2.05, 4.69) is 9.97 Å². The Labute approximate surface area is 106 Å². The van der Waals surface area contributed by atoms with Gasteiger partial charge in [-0.25, -0.2) is 14.8 Å². The SMILES string of the molecule is COC1CCCN(c2nc(C)cc(C(=O)O)n2)C1. The molecule has 6 nitrogen and oxygen atoms in total. The summed E-state index contributed by atoms with van der Waals surface area (Å²) in [6.07, 6.45) is 2.18. The van der Waals surface area contributed by atoms with Gasteiger partial charge in [-0.05, 0) is 25.8 Å². The molecule has 1 aliphatic rings. The zero-order chi connectivity index (χ0) is 13.1. The lowest BCUT2D eigenvalue weighted by Gasteiger charge is -2.32. The van der Waals surface area contributed by atoms with E-state index in [1.54, 1.807) is 14.0 Å². The maximum Gasteiger partial charge on any atom is 0.354 e. The van der Waals surface area contributed by atoms with Crippen molar-refractivity contribution in [1.82, 2.24) is 9.97 Å². The molecular formula is C12H17N3O3. The van der Waals surface area contributed by atoms with Gasteiger partial charge < -0.3 is 14.7 Å². The van der Waals surface area contributed by atoms with E-state index in [1.165, 1.54) is 6.07 Å². The third kappa shape index (κ3) is 2.76. The minimum absolute atomic E-state index is 0.0389. The first-order chi connectivity index (χ1) is 8.60. The molecule has 18 heavy (non-hydrogen) atoms.